The van der Waals surface area contributed by atoms with Gasteiger partial charge in [0.15, 0.2) is 0 Å². The number of alkyl halides is 3. The smallest absolute Gasteiger partial charge is 0.384 e. The van der Waals surface area contributed by atoms with Crippen molar-refractivity contribution >= 4 is 11.5 Å². The van der Waals surface area contributed by atoms with Crippen LogP contribution in [0.15, 0.2) is 24.4 Å². The van der Waals surface area contributed by atoms with E-state index in [2.05, 4.69) is 15.5 Å². The molecule has 0 unspecified atom stereocenters. The first-order chi connectivity index (χ1) is 9.41. The molecule has 104 valence electrons. The zero-order valence-corrected chi connectivity index (χ0v) is 10.1. The number of hydrogen-bond donors (Lipinski definition) is 3. The number of halogens is 3. The predicted octanol–water partition coefficient (Wildman–Crippen LogP) is 2.49. The lowest BCUT2D eigenvalue weighted by Crippen LogP contribution is -2.09. The minimum absolute atomic E-state index is 0.290. The molecule has 0 bridgehead atoms. The second-order valence-electron chi connectivity index (χ2n) is 4.03. The van der Waals surface area contributed by atoms with Gasteiger partial charge in [-0.15, -0.1) is 0 Å². The number of nitrogens with two attached hydrogens (primary N) is 1. The Balaban J connectivity index is 2.19. The monoisotopic (exact) mass is 281 g/mol. The first-order valence-corrected chi connectivity index (χ1v) is 5.54. The fourth-order valence-electron chi connectivity index (χ4n) is 1.65. The zero-order chi connectivity index (χ0) is 14.8. The van der Waals surface area contributed by atoms with E-state index in [1.54, 1.807) is 6.07 Å². The number of nitrogens with zero attached hydrogens (tertiary/aromatic N) is 2. The molecule has 0 saturated carbocycles. The average Bonchev–Trinajstić information content (AvgIpc) is 2.80. The van der Waals surface area contributed by atoms with Gasteiger partial charge in [-0.3, -0.25) is 5.10 Å². The quantitative estimate of drug-likeness (QED) is 0.806. The van der Waals surface area contributed by atoms with Crippen molar-refractivity contribution in [3.63, 3.8) is 0 Å². The number of benzene rings is 1. The van der Waals surface area contributed by atoms with Crippen LogP contribution in [-0.2, 0) is 12.7 Å². The molecular weight excluding hydrogens is 271 g/mol. The molecule has 2 aromatic rings. The summed E-state index contributed by atoms with van der Waals surface area (Å²) in [5, 5.41) is 17.9. The molecule has 0 fully saturated rings. The van der Waals surface area contributed by atoms with Gasteiger partial charge in [0.1, 0.15) is 5.82 Å². The summed E-state index contributed by atoms with van der Waals surface area (Å²) >= 11 is 0. The molecule has 5 nitrogen and oxygen atoms in total. The fraction of sp³-hybridized carbons (Fsp3) is 0.167. The highest BCUT2D eigenvalue weighted by molar-refractivity contribution is 5.54. The number of aromatic amines is 1. The lowest BCUT2D eigenvalue weighted by Gasteiger charge is -2.11. The van der Waals surface area contributed by atoms with Crippen molar-refractivity contribution in [2.75, 3.05) is 11.1 Å². The van der Waals surface area contributed by atoms with Crippen molar-refractivity contribution in [3.8, 4) is 6.07 Å². The highest BCUT2D eigenvalue weighted by Gasteiger charge is 2.33. The Morgan fingerprint density at radius 1 is 1.40 bits per heavy atom. The van der Waals surface area contributed by atoms with Gasteiger partial charge in [-0.2, -0.15) is 23.5 Å². The van der Waals surface area contributed by atoms with Crippen LogP contribution in [0.3, 0.4) is 0 Å². The Kier molecular flexibility index (Phi) is 3.52. The Morgan fingerprint density at radius 3 is 2.70 bits per heavy atom. The average molecular weight is 281 g/mol. The van der Waals surface area contributed by atoms with Crippen molar-refractivity contribution in [2.24, 2.45) is 0 Å². The molecule has 2 rings (SSSR count). The molecule has 20 heavy (non-hydrogen) atoms. The number of nitrogen functional groups attached to an aromatic ring is 1. The van der Waals surface area contributed by atoms with E-state index in [0.29, 0.717) is 23.6 Å². The molecule has 0 aliphatic carbocycles. The van der Waals surface area contributed by atoms with Gasteiger partial charge >= 0.3 is 6.18 Å². The Morgan fingerprint density at radius 2 is 2.15 bits per heavy atom. The van der Waals surface area contributed by atoms with Crippen molar-refractivity contribution < 1.29 is 13.2 Å². The lowest BCUT2D eigenvalue weighted by molar-refractivity contribution is -0.137. The third kappa shape index (κ3) is 2.83. The Hall–Kier alpha value is -2.69. The van der Waals surface area contributed by atoms with Crippen molar-refractivity contribution in [2.45, 2.75) is 12.7 Å². The van der Waals surface area contributed by atoms with E-state index in [1.807, 2.05) is 0 Å². The van der Waals surface area contributed by atoms with Crippen LogP contribution in [0.1, 0.15) is 16.7 Å². The van der Waals surface area contributed by atoms with Crippen LogP contribution < -0.4 is 11.1 Å². The number of hydrogen-bond acceptors (Lipinski definition) is 4. The second-order valence-corrected chi connectivity index (χ2v) is 4.03. The van der Waals surface area contributed by atoms with E-state index in [4.69, 9.17) is 11.0 Å². The normalized spacial score (nSPS) is 11.1. The van der Waals surface area contributed by atoms with Crippen molar-refractivity contribution in [1.29, 1.82) is 5.26 Å². The fourth-order valence-corrected chi connectivity index (χ4v) is 1.65. The molecule has 0 spiro atoms. The maximum atomic E-state index is 12.6. The topological polar surface area (TPSA) is 90.5 Å². The largest absolute Gasteiger partial charge is 0.417 e. The molecule has 1 aromatic carbocycles. The van der Waals surface area contributed by atoms with Gasteiger partial charge < -0.3 is 11.1 Å². The van der Waals surface area contributed by atoms with E-state index in [-0.39, 0.29) is 0 Å². The lowest BCUT2D eigenvalue weighted by atomic mass is 10.1. The van der Waals surface area contributed by atoms with Crippen LogP contribution in [0.25, 0.3) is 0 Å². The molecule has 0 atom stereocenters. The maximum absolute atomic E-state index is 12.6. The SMILES string of the molecule is N#Cc1cc(NCc2cn[nH]c2N)ccc1C(F)(F)F. The van der Waals surface area contributed by atoms with Gasteiger partial charge in [0.25, 0.3) is 0 Å². The summed E-state index contributed by atoms with van der Waals surface area (Å²) in [6.07, 6.45) is -3.03. The van der Waals surface area contributed by atoms with Crippen LogP contribution in [-0.4, -0.2) is 10.2 Å². The van der Waals surface area contributed by atoms with Gasteiger partial charge in [-0.25, -0.2) is 0 Å². The molecule has 0 aliphatic rings. The van der Waals surface area contributed by atoms with Crippen LogP contribution in [0, 0.1) is 11.3 Å². The second kappa shape index (κ2) is 5.13. The molecule has 1 heterocycles. The summed E-state index contributed by atoms with van der Waals surface area (Å²) in [4.78, 5) is 0. The van der Waals surface area contributed by atoms with Crippen LogP contribution in [0.2, 0.25) is 0 Å². The summed E-state index contributed by atoms with van der Waals surface area (Å²) < 4.78 is 37.9. The molecule has 0 radical (unpaired) electrons. The molecule has 1 aromatic heterocycles. The van der Waals surface area contributed by atoms with Crippen LogP contribution in [0.5, 0.6) is 0 Å². The number of aromatic nitrogens is 2. The molecule has 0 saturated heterocycles. The number of rotatable bonds is 3. The third-order valence-corrected chi connectivity index (χ3v) is 2.68. The summed E-state index contributed by atoms with van der Waals surface area (Å²) in [6.45, 7) is 0.290. The third-order valence-electron chi connectivity index (χ3n) is 2.68. The number of nitriles is 1. The predicted molar refractivity (Wildman–Crippen MR) is 66.5 cm³/mol. The highest BCUT2D eigenvalue weighted by Crippen LogP contribution is 2.33. The van der Waals surface area contributed by atoms with E-state index in [0.717, 1.165) is 12.1 Å². The Labute approximate surface area is 112 Å². The summed E-state index contributed by atoms with van der Waals surface area (Å²) in [5.74, 6) is 0.380. The van der Waals surface area contributed by atoms with Crippen molar-refractivity contribution in [1.82, 2.24) is 10.2 Å². The number of nitrogens with one attached hydrogen (secondary N) is 2. The summed E-state index contributed by atoms with van der Waals surface area (Å²) in [5.41, 5.74) is 5.29. The van der Waals surface area contributed by atoms with E-state index < -0.39 is 17.3 Å². The van der Waals surface area contributed by atoms with Crippen LogP contribution in [0.4, 0.5) is 24.7 Å². The number of H-pyrrole nitrogens is 1. The molecule has 0 aliphatic heterocycles. The number of anilines is 2. The molecule has 4 N–H and O–H groups in total. The van der Waals surface area contributed by atoms with Crippen LogP contribution >= 0.6 is 0 Å². The first-order valence-electron chi connectivity index (χ1n) is 5.54. The maximum Gasteiger partial charge on any atom is 0.417 e. The van der Waals surface area contributed by atoms with Gasteiger partial charge in [-0.1, -0.05) is 0 Å². The van der Waals surface area contributed by atoms with Crippen molar-refractivity contribution in [3.05, 3.63) is 41.1 Å². The van der Waals surface area contributed by atoms with Gasteiger partial charge in [0, 0.05) is 17.8 Å². The Bertz CT molecular complexity index is 654. The van der Waals surface area contributed by atoms with E-state index >= 15 is 0 Å². The minimum Gasteiger partial charge on any atom is -0.384 e. The van der Waals surface area contributed by atoms with E-state index in [1.165, 1.54) is 12.3 Å². The van der Waals surface area contributed by atoms with Gasteiger partial charge in [-0.05, 0) is 18.2 Å². The molecule has 8 heteroatoms. The molecular formula is C12H10F3N5. The highest BCUT2D eigenvalue weighted by atomic mass is 19.4. The first kappa shape index (κ1) is 13.7. The zero-order valence-electron chi connectivity index (χ0n) is 10.1. The van der Waals surface area contributed by atoms with E-state index in [9.17, 15) is 13.2 Å². The van der Waals surface area contributed by atoms with Gasteiger partial charge in [0.05, 0.1) is 23.4 Å². The minimum atomic E-state index is -4.54. The summed E-state index contributed by atoms with van der Waals surface area (Å²) in [7, 11) is 0. The summed E-state index contributed by atoms with van der Waals surface area (Å²) in [6, 6.07) is 4.83. The van der Waals surface area contributed by atoms with Gasteiger partial charge in [0.2, 0.25) is 0 Å². The molecule has 0 amide bonds. The standard InChI is InChI=1S/C12H10F3N5/c13-12(14,15)10-2-1-9(3-7(10)4-16)18-5-8-6-19-20-11(8)17/h1-3,6,18H,5H2,(H3,17,19,20).